The molecule has 10 heteroatoms. The molecular weight excluding hydrogens is 409 g/mol. The third-order valence-electron chi connectivity index (χ3n) is 5.36. The Morgan fingerprint density at radius 1 is 1.38 bits per heavy atom. The number of ether oxygens (including phenoxy) is 2. The third kappa shape index (κ3) is 4.99. The van der Waals surface area contributed by atoms with E-state index in [2.05, 4.69) is 10.2 Å². The molecule has 0 radical (unpaired) electrons. The highest BCUT2D eigenvalue weighted by Crippen LogP contribution is 2.38. The van der Waals surface area contributed by atoms with Crippen molar-refractivity contribution in [3.63, 3.8) is 0 Å². The summed E-state index contributed by atoms with van der Waals surface area (Å²) in [7, 11) is 1.24. The number of aliphatic hydroxyl groups excluding tert-OH is 1. The van der Waals surface area contributed by atoms with Crippen molar-refractivity contribution in [2.45, 2.75) is 42.1 Å². The van der Waals surface area contributed by atoms with Crippen molar-refractivity contribution in [1.82, 2.24) is 10.2 Å². The number of nitrogens with zero attached hydrogens (tertiary/aromatic N) is 1. The van der Waals surface area contributed by atoms with E-state index in [0.717, 1.165) is 30.4 Å². The normalized spacial score (nSPS) is 25.8. The molecule has 162 valence electrons. The van der Waals surface area contributed by atoms with Gasteiger partial charge in [0, 0.05) is 30.6 Å². The van der Waals surface area contributed by atoms with E-state index in [9.17, 15) is 23.1 Å². The van der Waals surface area contributed by atoms with Gasteiger partial charge in [-0.3, -0.25) is 9.69 Å². The number of alkyl halides is 3. The minimum Gasteiger partial charge on any atom is -0.496 e. The van der Waals surface area contributed by atoms with Crippen LogP contribution in [0, 0.1) is 0 Å². The van der Waals surface area contributed by atoms with Gasteiger partial charge in [0.25, 0.3) is 5.91 Å². The minimum atomic E-state index is -4.54. The van der Waals surface area contributed by atoms with Crippen LogP contribution in [0.3, 0.4) is 0 Å². The fourth-order valence-electron chi connectivity index (χ4n) is 3.91. The van der Waals surface area contributed by atoms with E-state index in [1.807, 2.05) is 0 Å². The largest absolute Gasteiger partial charge is 0.496 e. The molecule has 0 saturated carbocycles. The maximum atomic E-state index is 13.2. The molecule has 6 nitrogen and oxygen atoms in total. The van der Waals surface area contributed by atoms with E-state index < -0.39 is 17.6 Å². The molecule has 2 aliphatic rings. The molecule has 1 amide bonds. The number of hydrogen-bond donors (Lipinski definition) is 2. The number of carbonyl (C=O) groups excluding carboxylic acids is 1. The summed E-state index contributed by atoms with van der Waals surface area (Å²) in [6.45, 7) is 2.14. The Bertz CT molecular complexity index is 722. The van der Waals surface area contributed by atoms with Gasteiger partial charge in [0.15, 0.2) is 0 Å². The number of thioether (sulfide) groups is 1. The van der Waals surface area contributed by atoms with Crippen molar-refractivity contribution in [2.24, 2.45) is 0 Å². The predicted molar refractivity (Wildman–Crippen MR) is 102 cm³/mol. The van der Waals surface area contributed by atoms with E-state index in [1.54, 1.807) is 6.26 Å². The number of carbonyl (C=O) groups is 1. The van der Waals surface area contributed by atoms with Crippen molar-refractivity contribution in [1.29, 1.82) is 0 Å². The van der Waals surface area contributed by atoms with E-state index in [1.165, 1.54) is 7.11 Å². The van der Waals surface area contributed by atoms with Gasteiger partial charge in [-0.05, 0) is 31.2 Å². The van der Waals surface area contributed by atoms with Crippen LogP contribution in [-0.2, 0) is 10.9 Å². The molecule has 1 aromatic carbocycles. The first-order chi connectivity index (χ1) is 13.7. The standard InChI is InChI=1S/C19H25F3N2O4S/c1-27-15-7-11(19(20,21)22)8-16(29-2)17(15)18(26)23-13-10-28-6-4-14(13)24-5-3-12(25)9-24/h7-8,12-14,25H,3-6,9-10H2,1-2H3,(H,23,26)/t12?,13-,14-/m0/s1. The lowest BCUT2D eigenvalue weighted by Gasteiger charge is -2.38. The van der Waals surface area contributed by atoms with Crippen molar-refractivity contribution in [2.75, 3.05) is 39.7 Å². The highest BCUT2D eigenvalue weighted by molar-refractivity contribution is 7.98. The summed E-state index contributed by atoms with van der Waals surface area (Å²) in [5.74, 6) is -0.619. The molecule has 0 aliphatic carbocycles. The summed E-state index contributed by atoms with van der Waals surface area (Å²) < 4.78 is 50.2. The van der Waals surface area contributed by atoms with Crippen molar-refractivity contribution < 1.29 is 32.5 Å². The molecule has 2 fully saturated rings. The molecule has 2 saturated heterocycles. The Hall–Kier alpha value is -1.49. The van der Waals surface area contributed by atoms with Gasteiger partial charge in [-0.15, -0.1) is 11.8 Å². The second-order valence-electron chi connectivity index (χ2n) is 7.20. The van der Waals surface area contributed by atoms with Crippen molar-refractivity contribution >= 4 is 17.7 Å². The molecule has 2 aliphatic heterocycles. The Balaban J connectivity index is 1.85. The van der Waals surface area contributed by atoms with E-state index in [4.69, 9.17) is 9.47 Å². The van der Waals surface area contributed by atoms with Crippen LogP contribution in [0.1, 0.15) is 28.8 Å². The first kappa shape index (κ1) is 22.2. The van der Waals surface area contributed by atoms with Gasteiger partial charge < -0.3 is 19.9 Å². The predicted octanol–water partition coefficient (Wildman–Crippen LogP) is 2.39. The molecule has 3 atom stereocenters. The fourth-order valence-corrected chi connectivity index (χ4v) is 4.55. The monoisotopic (exact) mass is 434 g/mol. The molecule has 2 N–H and O–H groups in total. The number of methoxy groups -OCH3 is 1. The zero-order valence-corrected chi connectivity index (χ0v) is 17.1. The van der Waals surface area contributed by atoms with Crippen LogP contribution in [0.15, 0.2) is 17.0 Å². The topological polar surface area (TPSA) is 71.0 Å². The summed E-state index contributed by atoms with van der Waals surface area (Å²) in [6.07, 6.45) is -1.92. The minimum absolute atomic E-state index is 0.00280. The summed E-state index contributed by atoms with van der Waals surface area (Å²) in [5.41, 5.74) is -0.779. The maximum Gasteiger partial charge on any atom is 0.416 e. The number of amides is 1. The SMILES string of the molecule is COc1cc(C(F)(F)F)cc(SC)c1C(=O)N[C@H]1COCC[C@@H]1N1CCC(O)C1. The number of likely N-dealkylation sites (tertiary alicyclic amines) is 1. The van der Waals surface area contributed by atoms with E-state index in [-0.39, 0.29) is 34.4 Å². The molecule has 3 rings (SSSR count). The smallest absolute Gasteiger partial charge is 0.416 e. The van der Waals surface area contributed by atoms with Gasteiger partial charge in [0.2, 0.25) is 0 Å². The zero-order valence-electron chi connectivity index (χ0n) is 16.3. The third-order valence-corrected chi connectivity index (χ3v) is 6.12. The van der Waals surface area contributed by atoms with Crippen LogP contribution in [-0.4, -0.2) is 73.8 Å². The van der Waals surface area contributed by atoms with Gasteiger partial charge in [-0.1, -0.05) is 0 Å². The van der Waals surface area contributed by atoms with Gasteiger partial charge >= 0.3 is 6.18 Å². The number of aliphatic hydroxyl groups is 1. The summed E-state index contributed by atoms with van der Waals surface area (Å²) in [5, 5.41) is 12.8. The maximum absolute atomic E-state index is 13.2. The lowest BCUT2D eigenvalue weighted by atomic mass is 10.0. The number of hydrogen-bond acceptors (Lipinski definition) is 6. The number of rotatable bonds is 5. The van der Waals surface area contributed by atoms with Crippen LogP contribution in [0.4, 0.5) is 13.2 Å². The zero-order chi connectivity index (χ0) is 21.2. The van der Waals surface area contributed by atoms with E-state index in [0.29, 0.717) is 32.6 Å². The quantitative estimate of drug-likeness (QED) is 0.694. The average Bonchev–Trinajstić information content (AvgIpc) is 3.12. The molecule has 0 aromatic heterocycles. The fraction of sp³-hybridized carbons (Fsp3) is 0.632. The Morgan fingerprint density at radius 3 is 2.72 bits per heavy atom. The van der Waals surface area contributed by atoms with Gasteiger partial charge in [-0.2, -0.15) is 13.2 Å². The highest BCUT2D eigenvalue weighted by atomic mass is 32.2. The number of benzene rings is 1. The number of β-amino-alcohol motifs (C(OH)–C–C–N with tert-alkyl or cyclic N) is 1. The Labute approximate surface area is 171 Å². The molecule has 1 unspecified atom stereocenters. The second kappa shape index (κ2) is 9.11. The Kier molecular flexibility index (Phi) is 6.98. The van der Waals surface area contributed by atoms with Crippen LogP contribution in [0.2, 0.25) is 0 Å². The van der Waals surface area contributed by atoms with Crippen LogP contribution in [0.25, 0.3) is 0 Å². The average molecular weight is 434 g/mol. The molecule has 1 aromatic rings. The lowest BCUT2D eigenvalue weighted by molar-refractivity contribution is -0.137. The van der Waals surface area contributed by atoms with E-state index >= 15 is 0 Å². The lowest BCUT2D eigenvalue weighted by Crippen LogP contribution is -2.56. The highest BCUT2D eigenvalue weighted by Gasteiger charge is 2.37. The molecule has 2 heterocycles. The number of halogens is 3. The van der Waals surface area contributed by atoms with Gasteiger partial charge in [-0.25, -0.2) is 0 Å². The molecular formula is C19H25F3N2O4S. The van der Waals surface area contributed by atoms with Gasteiger partial charge in [0.1, 0.15) is 5.75 Å². The first-order valence-corrected chi connectivity index (χ1v) is 10.6. The molecule has 0 bridgehead atoms. The first-order valence-electron chi connectivity index (χ1n) is 9.38. The second-order valence-corrected chi connectivity index (χ2v) is 8.05. The Morgan fingerprint density at radius 2 is 2.14 bits per heavy atom. The van der Waals surface area contributed by atoms with Crippen LogP contribution in [0.5, 0.6) is 5.75 Å². The molecule has 0 spiro atoms. The summed E-state index contributed by atoms with van der Waals surface area (Å²) in [6, 6.07) is 1.49. The van der Waals surface area contributed by atoms with Crippen LogP contribution < -0.4 is 10.1 Å². The summed E-state index contributed by atoms with van der Waals surface area (Å²) in [4.78, 5) is 15.4. The van der Waals surface area contributed by atoms with Crippen molar-refractivity contribution in [3.8, 4) is 5.75 Å². The van der Waals surface area contributed by atoms with Crippen LogP contribution >= 0.6 is 11.8 Å². The number of nitrogens with one attached hydrogen (secondary N) is 1. The van der Waals surface area contributed by atoms with Gasteiger partial charge in [0.05, 0.1) is 37.0 Å². The van der Waals surface area contributed by atoms with Crippen molar-refractivity contribution in [3.05, 3.63) is 23.3 Å². The summed E-state index contributed by atoms with van der Waals surface area (Å²) >= 11 is 1.06. The molecule has 29 heavy (non-hydrogen) atoms.